The molecule has 0 saturated heterocycles. The first kappa shape index (κ1) is 15.6. The van der Waals surface area contributed by atoms with E-state index in [-0.39, 0.29) is 9.77 Å². The van der Waals surface area contributed by atoms with Crippen LogP contribution in [0.3, 0.4) is 0 Å². The molecular formula is C10H14N2O5S2. The molecule has 0 aliphatic carbocycles. The number of aromatic carboxylic acids is 1. The summed E-state index contributed by atoms with van der Waals surface area (Å²) in [6, 6.07) is 0.143. The van der Waals surface area contributed by atoms with Crippen molar-refractivity contribution in [3.63, 3.8) is 0 Å². The van der Waals surface area contributed by atoms with E-state index in [1.807, 2.05) is 0 Å². The van der Waals surface area contributed by atoms with Crippen LogP contribution in [0.2, 0.25) is 0 Å². The van der Waals surface area contributed by atoms with E-state index in [0.717, 1.165) is 17.4 Å². The molecule has 1 aromatic rings. The number of likely N-dealkylation sites (N-methyl/N-ethyl adjacent to an activating group) is 1. The number of rotatable bonds is 5. The number of carbonyl (C=O) groups is 2. The molecule has 19 heavy (non-hydrogen) atoms. The van der Waals surface area contributed by atoms with Gasteiger partial charge in [0.1, 0.15) is 4.88 Å². The molecule has 0 saturated carbocycles. The first-order chi connectivity index (χ1) is 8.69. The Labute approximate surface area is 114 Å². The number of carboxylic acids is 1. The zero-order chi connectivity index (χ0) is 14.8. The van der Waals surface area contributed by atoms with Crippen LogP contribution in [0.1, 0.15) is 21.5 Å². The van der Waals surface area contributed by atoms with Crippen LogP contribution in [0.5, 0.6) is 0 Å². The molecule has 1 aromatic heterocycles. The third-order valence-electron chi connectivity index (χ3n) is 2.34. The molecule has 0 radical (unpaired) electrons. The number of thiophene rings is 1. The minimum atomic E-state index is -3.92. The van der Waals surface area contributed by atoms with Gasteiger partial charge < -0.3 is 10.4 Å². The van der Waals surface area contributed by atoms with Crippen molar-refractivity contribution >= 4 is 33.2 Å². The van der Waals surface area contributed by atoms with E-state index in [0.29, 0.717) is 4.88 Å². The molecule has 0 spiro atoms. The van der Waals surface area contributed by atoms with Gasteiger partial charge in [0.2, 0.25) is 15.9 Å². The SMILES string of the molecule is CNC(=O)C(C)NS(=O)(=O)c1cc(C(=O)O)sc1C. The van der Waals surface area contributed by atoms with E-state index in [9.17, 15) is 18.0 Å². The van der Waals surface area contributed by atoms with Crippen molar-refractivity contribution in [3.8, 4) is 0 Å². The Hall–Kier alpha value is -1.45. The lowest BCUT2D eigenvalue weighted by molar-refractivity contribution is -0.121. The van der Waals surface area contributed by atoms with Gasteiger partial charge in [-0.3, -0.25) is 4.79 Å². The largest absolute Gasteiger partial charge is 0.477 e. The lowest BCUT2D eigenvalue weighted by Gasteiger charge is -2.12. The summed E-state index contributed by atoms with van der Waals surface area (Å²) >= 11 is 0.871. The predicted molar refractivity (Wildman–Crippen MR) is 69.9 cm³/mol. The van der Waals surface area contributed by atoms with E-state index in [2.05, 4.69) is 10.0 Å². The fourth-order valence-electron chi connectivity index (χ4n) is 1.40. The van der Waals surface area contributed by atoms with Gasteiger partial charge in [-0.2, -0.15) is 4.72 Å². The number of carbonyl (C=O) groups excluding carboxylic acids is 1. The molecule has 0 aromatic carbocycles. The number of aryl methyl sites for hydroxylation is 1. The zero-order valence-corrected chi connectivity index (χ0v) is 12.2. The van der Waals surface area contributed by atoms with Crippen LogP contribution >= 0.6 is 11.3 Å². The first-order valence-electron chi connectivity index (χ1n) is 5.26. The fourth-order valence-corrected chi connectivity index (χ4v) is 4.04. The first-order valence-corrected chi connectivity index (χ1v) is 7.56. The van der Waals surface area contributed by atoms with Gasteiger partial charge in [0.15, 0.2) is 0 Å². The van der Waals surface area contributed by atoms with E-state index in [1.165, 1.54) is 20.9 Å². The molecule has 9 heteroatoms. The number of carboxylic acid groups (broad SMARTS) is 1. The molecule has 3 N–H and O–H groups in total. The highest BCUT2D eigenvalue weighted by molar-refractivity contribution is 7.89. The Bertz CT molecular complexity index is 605. The molecule has 1 rings (SSSR count). The highest BCUT2D eigenvalue weighted by Gasteiger charge is 2.25. The van der Waals surface area contributed by atoms with Crippen molar-refractivity contribution in [2.45, 2.75) is 24.8 Å². The molecule has 1 atom stereocenters. The molecule has 106 valence electrons. The van der Waals surface area contributed by atoms with Gasteiger partial charge >= 0.3 is 5.97 Å². The average molecular weight is 306 g/mol. The highest BCUT2D eigenvalue weighted by atomic mass is 32.2. The minimum Gasteiger partial charge on any atom is -0.477 e. The third kappa shape index (κ3) is 3.52. The van der Waals surface area contributed by atoms with Crippen molar-refractivity contribution in [2.75, 3.05) is 7.05 Å². The summed E-state index contributed by atoms with van der Waals surface area (Å²) in [7, 11) is -2.53. The van der Waals surface area contributed by atoms with E-state index >= 15 is 0 Å². The number of nitrogens with one attached hydrogen (secondary N) is 2. The quantitative estimate of drug-likeness (QED) is 0.717. The third-order valence-corrected chi connectivity index (χ3v) is 5.18. The van der Waals surface area contributed by atoms with Gasteiger partial charge in [0, 0.05) is 11.9 Å². The van der Waals surface area contributed by atoms with Gasteiger partial charge in [0.25, 0.3) is 0 Å². The normalized spacial score (nSPS) is 13.0. The number of hydrogen-bond acceptors (Lipinski definition) is 5. The van der Waals surface area contributed by atoms with Crippen LogP contribution < -0.4 is 10.0 Å². The smallest absolute Gasteiger partial charge is 0.345 e. The molecule has 0 aliphatic heterocycles. The van der Waals surface area contributed by atoms with Crippen molar-refractivity contribution in [1.29, 1.82) is 0 Å². The monoisotopic (exact) mass is 306 g/mol. The summed E-state index contributed by atoms with van der Waals surface area (Å²) in [5.74, 6) is -1.66. The Morgan fingerprint density at radius 2 is 2.00 bits per heavy atom. The molecule has 0 aliphatic rings. The molecule has 1 amide bonds. The predicted octanol–water partition coefficient (Wildman–Crippen LogP) is 0.168. The second-order valence-corrected chi connectivity index (χ2v) is 6.73. The zero-order valence-electron chi connectivity index (χ0n) is 10.6. The molecule has 0 fully saturated rings. The van der Waals surface area contributed by atoms with Crippen LogP contribution in [0.15, 0.2) is 11.0 Å². The van der Waals surface area contributed by atoms with Crippen molar-refractivity contribution in [3.05, 3.63) is 15.8 Å². The maximum Gasteiger partial charge on any atom is 0.345 e. The average Bonchev–Trinajstić information content (AvgIpc) is 2.70. The second-order valence-electron chi connectivity index (χ2n) is 3.79. The highest BCUT2D eigenvalue weighted by Crippen LogP contribution is 2.25. The Kier molecular flexibility index (Phi) is 4.66. The van der Waals surface area contributed by atoms with Gasteiger partial charge in [-0.1, -0.05) is 0 Å². The fraction of sp³-hybridized carbons (Fsp3) is 0.400. The summed E-state index contributed by atoms with van der Waals surface area (Å²) in [5.41, 5.74) is 0. The van der Waals surface area contributed by atoms with E-state index < -0.39 is 27.9 Å². The van der Waals surface area contributed by atoms with Crippen molar-refractivity contribution in [1.82, 2.24) is 10.0 Å². The maximum atomic E-state index is 12.0. The van der Waals surface area contributed by atoms with Crippen LogP contribution in [0.4, 0.5) is 0 Å². The topological polar surface area (TPSA) is 113 Å². The van der Waals surface area contributed by atoms with Crippen LogP contribution in [0.25, 0.3) is 0 Å². The molecule has 0 bridgehead atoms. The minimum absolute atomic E-state index is 0.0644. The van der Waals surface area contributed by atoms with Crippen LogP contribution in [0, 0.1) is 6.92 Å². The standard InChI is InChI=1S/C10H14N2O5S2/c1-5(9(13)11-3)12-19(16,17)8-4-7(10(14)15)18-6(8)2/h4-5,12H,1-3H3,(H,11,13)(H,14,15). The lowest BCUT2D eigenvalue weighted by atomic mass is 10.3. The Morgan fingerprint density at radius 1 is 1.42 bits per heavy atom. The molecule has 7 nitrogen and oxygen atoms in total. The van der Waals surface area contributed by atoms with Gasteiger partial charge in [-0.05, 0) is 19.9 Å². The number of amides is 1. The van der Waals surface area contributed by atoms with E-state index in [4.69, 9.17) is 5.11 Å². The molecule has 1 heterocycles. The summed E-state index contributed by atoms with van der Waals surface area (Å²) in [4.78, 5) is 22.3. The maximum absolute atomic E-state index is 12.0. The Morgan fingerprint density at radius 3 is 2.42 bits per heavy atom. The molecule has 1 unspecified atom stereocenters. The van der Waals surface area contributed by atoms with Crippen LogP contribution in [-0.2, 0) is 14.8 Å². The van der Waals surface area contributed by atoms with Crippen molar-refractivity contribution < 1.29 is 23.1 Å². The van der Waals surface area contributed by atoms with E-state index in [1.54, 1.807) is 0 Å². The van der Waals surface area contributed by atoms with Gasteiger partial charge in [-0.25, -0.2) is 13.2 Å². The van der Waals surface area contributed by atoms with Crippen molar-refractivity contribution in [2.24, 2.45) is 0 Å². The summed E-state index contributed by atoms with van der Waals surface area (Å²) < 4.78 is 26.3. The Balaban J connectivity index is 3.07. The molecular weight excluding hydrogens is 292 g/mol. The second kappa shape index (κ2) is 5.68. The van der Waals surface area contributed by atoms with Gasteiger partial charge in [0.05, 0.1) is 10.9 Å². The summed E-state index contributed by atoms with van der Waals surface area (Å²) in [6.07, 6.45) is 0. The van der Waals surface area contributed by atoms with Gasteiger partial charge in [-0.15, -0.1) is 11.3 Å². The summed E-state index contributed by atoms with van der Waals surface area (Å²) in [6.45, 7) is 2.91. The number of sulfonamides is 1. The lowest BCUT2D eigenvalue weighted by Crippen LogP contribution is -2.43. The van der Waals surface area contributed by atoms with Crippen LogP contribution in [-0.4, -0.2) is 38.5 Å². The summed E-state index contributed by atoms with van der Waals surface area (Å²) in [5, 5.41) is 11.1. The number of hydrogen-bond donors (Lipinski definition) is 3.